The van der Waals surface area contributed by atoms with Crippen LogP contribution < -0.4 is 0 Å². The van der Waals surface area contributed by atoms with E-state index in [1.54, 1.807) is 0 Å². The van der Waals surface area contributed by atoms with Crippen molar-refractivity contribution in [3.8, 4) is 0 Å². The van der Waals surface area contributed by atoms with E-state index in [0.29, 0.717) is 19.4 Å². The first-order valence-corrected chi connectivity index (χ1v) is 18.1. The molecule has 0 amide bonds. The van der Waals surface area contributed by atoms with Crippen molar-refractivity contribution in [2.75, 3.05) is 6.61 Å². The fourth-order valence-corrected chi connectivity index (χ4v) is 5.55. The number of ether oxygens (including phenoxy) is 1. The SMILES string of the molecule is CCCCCCCCCCCCCCCCCCCCCCCCCC/C=C/CCC(CC(=O)OCCC)C(=O)O. The van der Waals surface area contributed by atoms with Gasteiger partial charge in [0.1, 0.15) is 0 Å². The minimum absolute atomic E-state index is 0.0251. The summed E-state index contributed by atoms with van der Waals surface area (Å²) in [4.78, 5) is 23.0. The first kappa shape index (κ1) is 39.7. The van der Waals surface area contributed by atoms with E-state index in [1.165, 1.54) is 154 Å². The number of unbranched alkanes of at least 4 members (excludes halogenated alkanes) is 24. The van der Waals surface area contributed by atoms with Gasteiger partial charge in [-0.25, -0.2) is 0 Å². The third-order valence-corrected chi connectivity index (χ3v) is 8.30. The molecule has 0 fully saturated rings. The Morgan fingerprint density at radius 2 is 0.902 bits per heavy atom. The van der Waals surface area contributed by atoms with Crippen LogP contribution in [0, 0.1) is 5.92 Å². The summed E-state index contributed by atoms with van der Waals surface area (Å²) in [5.41, 5.74) is 0. The predicted octanol–water partition coefficient (Wildman–Crippen LogP) is 12.1. The lowest BCUT2D eigenvalue weighted by Crippen LogP contribution is -2.19. The van der Waals surface area contributed by atoms with Crippen molar-refractivity contribution in [1.82, 2.24) is 0 Å². The summed E-state index contributed by atoms with van der Waals surface area (Å²) >= 11 is 0. The number of carbonyl (C=O) groups is 2. The lowest BCUT2D eigenvalue weighted by Gasteiger charge is -2.10. The molecule has 0 saturated carbocycles. The normalized spacial score (nSPS) is 12.2. The highest BCUT2D eigenvalue weighted by atomic mass is 16.5. The molecule has 4 nitrogen and oxygen atoms in total. The van der Waals surface area contributed by atoms with Crippen molar-refractivity contribution >= 4 is 11.9 Å². The molecule has 0 saturated heterocycles. The van der Waals surface area contributed by atoms with Crippen LogP contribution in [0.1, 0.15) is 200 Å². The maximum atomic E-state index is 11.7. The molecule has 0 radical (unpaired) electrons. The third kappa shape index (κ3) is 31.4. The van der Waals surface area contributed by atoms with Crippen LogP contribution in [-0.4, -0.2) is 23.7 Å². The Morgan fingerprint density at radius 3 is 1.27 bits per heavy atom. The van der Waals surface area contributed by atoms with Crippen molar-refractivity contribution in [1.29, 1.82) is 0 Å². The van der Waals surface area contributed by atoms with E-state index in [-0.39, 0.29) is 6.42 Å². The van der Waals surface area contributed by atoms with Gasteiger partial charge in [-0.2, -0.15) is 0 Å². The van der Waals surface area contributed by atoms with Crippen LogP contribution in [0.2, 0.25) is 0 Å². The number of hydrogen-bond donors (Lipinski definition) is 1. The Morgan fingerprint density at radius 1 is 0.537 bits per heavy atom. The molecule has 0 aliphatic carbocycles. The highest BCUT2D eigenvalue weighted by Gasteiger charge is 2.21. The lowest BCUT2D eigenvalue weighted by atomic mass is 9.99. The van der Waals surface area contributed by atoms with Crippen molar-refractivity contribution in [3.05, 3.63) is 12.2 Å². The Labute approximate surface area is 255 Å². The van der Waals surface area contributed by atoms with Crippen LogP contribution in [0.4, 0.5) is 0 Å². The number of carbonyl (C=O) groups excluding carboxylic acids is 1. The minimum atomic E-state index is -0.906. The molecule has 242 valence electrons. The lowest BCUT2D eigenvalue weighted by molar-refractivity contribution is -0.151. The van der Waals surface area contributed by atoms with Gasteiger partial charge in [0.15, 0.2) is 0 Å². The second-order valence-electron chi connectivity index (χ2n) is 12.4. The Balaban J connectivity index is 3.31. The van der Waals surface area contributed by atoms with Gasteiger partial charge in [-0.05, 0) is 32.1 Å². The summed E-state index contributed by atoms with van der Waals surface area (Å²) in [7, 11) is 0. The van der Waals surface area contributed by atoms with E-state index < -0.39 is 17.9 Å². The number of aliphatic carboxylic acids is 1. The molecule has 0 aliphatic heterocycles. The van der Waals surface area contributed by atoms with Crippen LogP contribution in [-0.2, 0) is 14.3 Å². The van der Waals surface area contributed by atoms with Gasteiger partial charge in [0.05, 0.1) is 18.9 Å². The second-order valence-corrected chi connectivity index (χ2v) is 12.4. The fourth-order valence-electron chi connectivity index (χ4n) is 5.55. The van der Waals surface area contributed by atoms with Gasteiger partial charge >= 0.3 is 11.9 Å². The molecule has 0 heterocycles. The number of esters is 1. The highest BCUT2D eigenvalue weighted by Crippen LogP contribution is 2.17. The quantitative estimate of drug-likeness (QED) is 0.0478. The zero-order chi connectivity index (χ0) is 30.1. The molecular formula is C37H70O4. The number of rotatable bonds is 33. The van der Waals surface area contributed by atoms with Gasteiger partial charge in [-0.15, -0.1) is 0 Å². The molecule has 1 unspecified atom stereocenters. The van der Waals surface area contributed by atoms with E-state index in [1.807, 2.05) is 6.92 Å². The summed E-state index contributed by atoms with van der Waals surface area (Å²) in [5.74, 6) is -1.95. The zero-order valence-corrected chi connectivity index (χ0v) is 27.6. The standard InChI is InChI=1S/C37H70O4/c1-3-5-6-7-8-9-10-11-12-13-14-15-16-17-18-19-20-21-22-23-24-25-26-27-28-29-30-31-32-35(37(39)40)34-36(38)41-33-4-2/h29-30,35H,3-28,31-34H2,1-2H3,(H,39,40)/b30-29+. The van der Waals surface area contributed by atoms with Crippen LogP contribution in [0.5, 0.6) is 0 Å². The molecule has 0 aromatic heterocycles. The largest absolute Gasteiger partial charge is 0.481 e. The van der Waals surface area contributed by atoms with Crippen molar-refractivity contribution in [2.45, 2.75) is 200 Å². The number of allylic oxidation sites excluding steroid dienone is 2. The average Bonchev–Trinajstić information content (AvgIpc) is 2.96. The van der Waals surface area contributed by atoms with E-state index in [0.717, 1.165) is 12.8 Å². The minimum Gasteiger partial charge on any atom is -0.481 e. The maximum Gasteiger partial charge on any atom is 0.307 e. The molecule has 4 heteroatoms. The fraction of sp³-hybridized carbons (Fsp3) is 0.892. The predicted molar refractivity (Wildman–Crippen MR) is 176 cm³/mol. The van der Waals surface area contributed by atoms with Crippen molar-refractivity contribution in [2.24, 2.45) is 5.92 Å². The summed E-state index contributed by atoms with van der Waals surface area (Å²) < 4.78 is 5.02. The highest BCUT2D eigenvalue weighted by molar-refractivity contribution is 5.78. The van der Waals surface area contributed by atoms with Gasteiger partial charge in [0.25, 0.3) is 0 Å². The van der Waals surface area contributed by atoms with Crippen LogP contribution in [0.3, 0.4) is 0 Å². The molecule has 0 rings (SSSR count). The Kier molecular flexibility index (Phi) is 32.1. The summed E-state index contributed by atoms with van der Waals surface area (Å²) in [6.45, 7) is 4.59. The first-order chi connectivity index (χ1) is 20.1. The zero-order valence-electron chi connectivity index (χ0n) is 27.6. The van der Waals surface area contributed by atoms with Crippen LogP contribution in [0.25, 0.3) is 0 Å². The monoisotopic (exact) mass is 579 g/mol. The second kappa shape index (κ2) is 33.2. The number of hydrogen-bond acceptors (Lipinski definition) is 3. The van der Waals surface area contributed by atoms with Gasteiger partial charge < -0.3 is 9.84 Å². The summed E-state index contributed by atoms with van der Waals surface area (Å²) in [6.07, 6.45) is 41.2. The molecule has 1 atom stereocenters. The molecule has 41 heavy (non-hydrogen) atoms. The molecule has 1 N–H and O–H groups in total. The van der Waals surface area contributed by atoms with E-state index in [9.17, 15) is 14.7 Å². The molecule has 0 bridgehead atoms. The first-order valence-electron chi connectivity index (χ1n) is 18.1. The summed E-state index contributed by atoms with van der Waals surface area (Å²) in [6, 6.07) is 0. The van der Waals surface area contributed by atoms with Gasteiger partial charge in [0.2, 0.25) is 0 Å². The molecule has 0 aromatic rings. The topological polar surface area (TPSA) is 63.6 Å². The van der Waals surface area contributed by atoms with Gasteiger partial charge in [-0.1, -0.05) is 174 Å². The van der Waals surface area contributed by atoms with Gasteiger partial charge in [-0.3, -0.25) is 9.59 Å². The van der Waals surface area contributed by atoms with Crippen LogP contribution in [0.15, 0.2) is 12.2 Å². The molecular weight excluding hydrogens is 508 g/mol. The Bertz CT molecular complexity index is 585. The molecule has 0 aromatic carbocycles. The third-order valence-electron chi connectivity index (χ3n) is 8.30. The number of carboxylic acid groups (broad SMARTS) is 1. The van der Waals surface area contributed by atoms with Gasteiger partial charge in [0, 0.05) is 0 Å². The Hall–Kier alpha value is -1.32. The number of carboxylic acids is 1. The smallest absolute Gasteiger partial charge is 0.307 e. The average molecular weight is 579 g/mol. The van der Waals surface area contributed by atoms with Crippen molar-refractivity contribution < 1.29 is 19.4 Å². The van der Waals surface area contributed by atoms with E-state index >= 15 is 0 Å². The molecule has 0 spiro atoms. The van der Waals surface area contributed by atoms with Crippen molar-refractivity contribution in [3.63, 3.8) is 0 Å². The maximum absolute atomic E-state index is 11.7. The van der Waals surface area contributed by atoms with E-state index in [4.69, 9.17) is 4.74 Å². The summed E-state index contributed by atoms with van der Waals surface area (Å²) in [5, 5.41) is 9.32. The molecule has 0 aliphatic rings. The van der Waals surface area contributed by atoms with Crippen LogP contribution >= 0.6 is 0 Å². The van der Waals surface area contributed by atoms with E-state index in [2.05, 4.69) is 19.1 Å².